The summed E-state index contributed by atoms with van der Waals surface area (Å²) < 4.78 is 38.8. The SMILES string of the molecule is CC(C)(CN1CCN2c3ncc(C(F)(F)F)cc3CNC[C@H]2C1)C(=O)O. The van der Waals surface area contributed by atoms with E-state index in [4.69, 9.17) is 0 Å². The third-order valence-corrected chi connectivity index (χ3v) is 5.00. The number of hydrogen-bond donors (Lipinski definition) is 2. The van der Waals surface area contributed by atoms with Crippen molar-refractivity contribution in [1.29, 1.82) is 0 Å². The van der Waals surface area contributed by atoms with Crippen LogP contribution in [0, 0.1) is 5.41 Å². The maximum Gasteiger partial charge on any atom is 0.417 e. The summed E-state index contributed by atoms with van der Waals surface area (Å²) in [6, 6.07) is 1.20. The van der Waals surface area contributed by atoms with E-state index < -0.39 is 23.1 Å². The zero-order chi connectivity index (χ0) is 19.1. The largest absolute Gasteiger partial charge is 0.481 e. The van der Waals surface area contributed by atoms with Gasteiger partial charge in [-0.25, -0.2) is 4.98 Å². The van der Waals surface area contributed by atoms with Gasteiger partial charge in [-0.15, -0.1) is 0 Å². The fourth-order valence-electron chi connectivity index (χ4n) is 3.56. The number of fused-ring (bicyclic) bond motifs is 3. The molecule has 0 saturated carbocycles. The maximum absolute atomic E-state index is 12.9. The summed E-state index contributed by atoms with van der Waals surface area (Å²) in [4.78, 5) is 19.6. The summed E-state index contributed by atoms with van der Waals surface area (Å²) >= 11 is 0. The number of piperazine rings is 1. The van der Waals surface area contributed by atoms with Crippen LogP contribution >= 0.6 is 0 Å². The number of pyridine rings is 1. The average molecular weight is 372 g/mol. The Balaban J connectivity index is 1.78. The van der Waals surface area contributed by atoms with E-state index in [-0.39, 0.29) is 6.04 Å². The molecule has 0 aromatic carbocycles. The van der Waals surface area contributed by atoms with E-state index in [9.17, 15) is 23.1 Å². The number of carbonyl (C=O) groups is 1. The topological polar surface area (TPSA) is 68.7 Å². The molecule has 1 aromatic rings. The summed E-state index contributed by atoms with van der Waals surface area (Å²) in [7, 11) is 0. The number of anilines is 1. The normalized spacial score (nSPS) is 21.7. The zero-order valence-electron chi connectivity index (χ0n) is 14.8. The molecule has 144 valence electrons. The molecule has 0 radical (unpaired) electrons. The van der Waals surface area contributed by atoms with Gasteiger partial charge in [0.25, 0.3) is 0 Å². The molecule has 2 aliphatic heterocycles. The maximum atomic E-state index is 12.9. The van der Waals surface area contributed by atoms with Crippen molar-refractivity contribution in [3.05, 3.63) is 23.4 Å². The molecular weight excluding hydrogens is 349 g/mol. The molecule has 0 unspecified atom stereocenters. The van der Waals surface area contributed by atoms with Crippen LogP contribution in [0.2, 0.25) is 0 Å². The van der Waals surface area contributed by atoms with Gasteiger partial charge in [0.2, 0.25) is 0 Å². The highest BCUT2D eigenvalue weighted by molar-refractivity contribution is 5.73. The number of aliphatic carboxylic acids is 1. The lowest BCUT2D eigenvalue weighted by atomic mass is 9.92. The average Bonchev–Trinajstić information content (AvgIpc) is 2.71. The van der Waals surface area contributed by atoms with Gasteiger partial charge in [0.1, 0.15) is 5.82 Å². The van der Waals surface area contributed by atoms with Gasteiger partial charge in [-0.2, -0.15) is 13.2 Å². The van der Waals surface area contributed by atoms with Crippen LogP contribution in [0.5, 0.6) is 0 Å². The number of aromatic nitrogens is 1. The predicted molar refractivity (Wildman–Crippen MR) is 89.9 cm³/mol. The summed E-state index contributed by atoms with van der Waals surface area (Å²) in [6.45, 7) is 6.67. The lowest BCUT2D eigenvalue weighted by molar-refractivity contribution is -0.148. The molecule has 26 heavy (non-hydrogen) atoms. The first-order chi connectivity index (χ1) is 12.1. The number of nitrogens with zero attached hydrogens (tertiary/aromatic N) is 3. The number of alkyl halides is 3. The molecule has 1 atom stereocenters. The molecule has 1 saturated heterocycles. The second-order valence-electron chi connectivity index (χ2n) is 7.61. The minimum Gasteiger partial charge on any atom is -0.481 e. The van der Waals surface area contributed by atoms with Crippen molar-refractivity contribution in [2.45, 2.75) is 32.6 Å². The van der Waals surface area contributed by atoms with Crippen molar-refractivity contribution in [3.63, 3.8) is 0 Å². The van der Waals surface area contributed by atoms with Crippen LogP contribution in [-0.2, 0) is 17.5 Å². The highest BCUT2D eigenvalue weighted by Crippen LogP contribution is 2.33. The van der Waals surface area contributed by atoms with Crippen molar-refractivity contribution in [2.75, 3.05) is 37.6 Å². The summed E-state index contributed by atoms with van der Waals surface area (Å²) in [5.74, 6) is -0.254. The fourth-order valence-corrected chi connectivity index (χ4v) is 3.56. The summed E-state index contributed by atoms with van der Waals surface area (Å²) in [5.41, 5.74) is -1.04. The van der Waals surface area contributed by atoms with Crippen molar-refractivity contribution in [1.82, 2.24) is 15.2 Å². The van der Waals surface area contributed by atoms with E-state index in [2.05, 4.69) is 15.2 Å². The molecule has 9 heteroatoms. The monoisotopic (exact) mass is 372 g/mol. The molecule has 0 aliphatic carbocycles. The summed E-state index contributed by atoms with van der Waals surface area (Å²) in [6.07, 6.45) is -3.52. The first-order valence-electron chi connectivity index (χ1n) is 8.57. The number of halogens is 3. The molecule has 3 heterocycles. The van der Waals surface area contributed by atoms with Crippen molar-refractivity contribution in [2.24, 2.45) is 5.41 Å². The molecule has 1 aromatic heterocycles. The van der Waals surface area contributed by atoms with E-state index in [1.54, 1.807) is 13.8 Å². The molecule has 2 N–H and O–H groups in total. The molecular formula is C17H23F3N4O2. The van der Waals surface area contributed by atoms with E-state index in [1.807, 2.05) is 4.90 Å². The van der Waals surface area contributed by atoms with Gasteiger partial charge in [-0.3, -0.25) is 9.69 Å². The van der Waals surface area contributed by atoms with E-state index in [0.29, 0.717) is 50.6 Å². The molecule has 2 aliphatic rings. The Morgan fingerprint density at radius 3 is 2.77 bits per heavy atom. The highest BCUT2D eigenvalue weighted by Gasteiger charge is 2.37. The molecule has 0 amide bonds. The van der Waals surface area contributed by atoms with Gasteiger partial charge in [-0.05, 0) is 19.9 Å². The van der Waals surface area contributed by atoms with Gasteiger partial charge < -0.3 is 15.3 Å². The van der Waals surface area contributed by atoms with E-state index in [1.165, 1.54) is 0 Å². The molecule has 6 nitrogen and oxygen atoms in total. The quantitative estimate of drug-likeness (QED) is 0.844. The Hall–Kier alpha value is -1.87. The van der Waals surface area contributed by atoms with Crippen LogP contribution in [0.15, 0.2) is 12.3 Å². The van der Waals surface area contributed by atoms with E-state index >= 15 is 0 Å². The summed E-state index contributed by atoms with van der Waals surface area (Å²) in [5, 5.41) is 12.5. The predicted octanol–water partition coefficient (Wildman–Crippen LogP) is 1.81. The second-order valence-corrected chi connectivity index (χ2v) is 7.61. The van der Waals surface area contributed by atoms with Gasteiger partial charge >= 0.3 is 12.1 Å². The fraction of sp³-hybridized carbons (Fsp3) is 0.647. The zero-order valence-corrected chi connectivity index (χ0v) is 14.8. The molecule has 0 bridgehead atoms. The minimum absolute atomic E-state index is 0.0406. The Morgan fingerprint density at radius 1 is 1.38 bits per heavy atom. The number of carboxylic acid groups (broad SMARTS) is 1. The first kappa shape index (κ1) is 18.9. The minimum atomic E-state index is -4.41. The third-order valence-electron chi connectivity index (χ3n) is 5.00. The Bertz CT molecular complexity index is 693. The van der Waals surface area contributed by atoms with Crippen molar-refractivity contribution in [3.8, 4) is 0 Å². The van der Waals surface area contributed by atoms with Crippen LogP contribution in [0.1, 0.15) is 25.0 Å². The van der Waals surface area contributed by atoms with Crippen LogP contribution in [0.4, 0.5) is 19.0 Å². The smallest absolute Gasteiger partial charge is 0.417 e. The standard InChI is InChI=1S/C17H23F3N4O2/c1-16(2,15(25)26)10-23-3-4-24-13(9-23)8-21-6-11-5-12(17(18,19)20)7-22-14(11)24/h5,7,13,21H,3-4,6,8-10H2,1-2H3,(H,25,26)/t13-/m0/s1. The van der Waals surface area contributed by atoms with Crippen LogP contribution in [0.25, 0.3) is 0 Å². The molecule has 3 rings (SSSR count). The van der Waals surface area contributed by atoms with Gasteiger partial charge in [0, 0.05) is 51.0 Å². The van der Waals surface area contributed by atoms with Gasteiger partial charge in [0.15, 0.2) is 0 Å². The third kappa shape index (κ3) is 3.78. The van der Waals surface area contributed by atoms with Crippen LogP contribution in [0.3, 0.4) is 0 Å². The van der Waals surface area contributed by atoms with Crippen molar-refractivity contribution >= 4 is 11.8 Å². The lowest BCUT2D eigenvalue weighted by Gasteiger charge is -2.43. The molecule has 1 fully saturated rings. The Kier molecular flexibility index (Phi) is 4.87. The Labute approximate surface area is 150 Å². The van der Waals surface area contributed by atoms with Crippen molar-refractivity contribution < 1.29 is 23.1 Å². The van der Waals surface area contributed by atoms with Gasteiger partial charge in [0.05, 0.1) is 17.0 Å². The molecule has 0 spiro atoms. The van der Waals surface area contributed by atoms with E-state index in [0.717, 1.165) is 12.3 Å². The van der Waals surface area contributed by atoms with Crippen LogP contribution in [-0.4, -0.2) is 59.7 Å². The van der Waals surface area contributed by atoms with Gasteiger partial charge in [-0.1, -0.05) is 0 Å². The lowest BCUT2D eigenvalue weighted by Crippen LogP contribution is -2.58. The second kappa shape index (κ2) is 6.70. The highest BCUT2D eigenvalue weighted by atomic mass is 19.4. The number of carboxylic acids is 1. The number of nitrogens with one attached hydrogen (secondary N) is 1. The number of rotatable bonds is 3. The first-order valence-corrected chi connectivity index (χ1v) is 8.57. The van der Waals surface area contributed by atoms with Crippen LogP contribution < -0.4 is 10.2 Å². The number of hydrogen-bond acceptors (Lipinski definition) is 5. The Morgan fingerprint density at radius 2 is 2.12 bits per heavy atom.